The average Bonchev–Trinajstić information content (AvgIpc) is 2.19. The molecule has 3 heteroatoms. The van der Waals surface area contributed by atoms with E-state index < -0.39 is 0 Å². The number of anilines is 3. The van der Waals surface area contributed by atoms with Crippen LogP contribution in [0, 0.1) is 0 Å². The minimum absolute atomic E-state index is 0.658. The Morgan fingerprint density at radius 1 is 1.00 bits per heavy atom. The van der Waals surface area contributed by atoms with E-state index in [1.54, 1.807) is 12.4 Å². The molecule has 1 heterocycles. The Bertz CT molecular complexity index is 412. The first kappa shape index (κ1) is 8.56. The van der Waals surface area contributed by atoms with Crippen LogP contribution in [0.25, 0.3) is 0 Å². The van der Waals surface area contributed by atoms with Crippen molar-refractivity contribution >= 4 is 17.1 Å². The van der Waals surface area contributed by atoms with Crippen molar-refractivity contribution in [1.82, 2.24) is 4.98 Å². The van der Waals surface area contributed by atoms with E-state index in [4.69, 9.17) is 5.73 Å². The van der Waals surface area contributed by atoms with Crippen molar-refractivity contribution in [2.24, 2.45) is 0 Å². The minimum atomic E-state index is 0.658. The Labute approximate surface area is 82.6 Å². The lowest BCUT2D eigenvalue weighted by molar-refractivity contribution is 1.32. The first-order chi connectivity index (χ1) is 6.84. The maximum absolute atomic E-state index is 5.61. The number of benzene rings is 1. The molecular formula is C11H11N3. The number of nitrogens with one attached hydrogen (secondary N) is 1. The van der Waals surface area contributed by atoms with E-state index in [-0.39, 0.29) is 0 Å². The zero-order valence-electron chi connectivity index (χ0n) is 7.64. The number of hydrogen-bond donors (Lipinski definition) is 2. The number of rotatable bonds is 2. The molecule has 3 nitrogen and oxygen atoms in total. The van der Waals surface area contributed by atoms with Crippen LogP contribution in [0.15, 0.2) is 48.8 Å². The lowest BCUT2D eigenvalue weighted by atomic mass is 10.3. The highest BCUT2D eigenvalue weighted by Crippen LogP contribution is 2.16. The SMILES string of the molecule is Nc1cncc(Nc2ccccc2)c1. The Kier molecular flexibility index (Phi) is 2.32. The van der Waals surface area contributed by atoms with Gasteiger partial charge in [-0.3, -0.25) is 4.98 Å². The molecular weight excluding hydrogens is 174 g/mol. The summed E-state index contributed by atoms with van der Waals surface area (Å²) in [5.74, 6) is 0. The van der Waals surface area contributed by atoms with Gasteiger partial charge in [-0.1, -0.05) is 18.2 Å². The number of nitrogen functional groups attached to an aromatic ring is 1. The molecule has 0 unspecified atom stereocenters. The molecule has 0 bridgehead atoms. The van der Waals surface area contributed by atoms with Crippen LogP contribution < -0.4 is 11.1 Å². The van der Waals surface area contributed by atoms with Crippen molar-refractivity contribution < 1.29 is 0 Å². The van der Waals surface area contributed by atoms with Crippen molar-refractivity contribution in [3.05, 3.63) is 48.8 Å². The molecule has 1 aromatic heterocycles. The fraction of sp³-hybridized carbons (Fsp3) is 0. The Hall–Kier alpha value is -2.03. The summed E-state index contributed by atoms with van der Waals surface area (Å²) in [6.45, 7) is 0. The van der Waals surface area contributed by atoms with E-state index in [0.717, 1.165) is 11.4 Å². The molecule has 2 rings (SSSR count). The highest BCUT2D eigenvalue weighted by molar-refractivity contribution is 5.61. The van der Waals surface area contributed by atoms with Gasteiger partial charge in [-0.15, -0.1) is 0 Å². The molecule has 0 atom stereocenters. The third-order valence-electron chi connectivity index (χ3n) is 1.82. The van der Waals surface area contributed by atoms with Gasteiger partial charge in [0.15, 0.2) is 0 Å². The lowest BCUT2D eigenvalue weighted by Gasteiger charge is -2.05. The van der Waals surface area contributed by atoms with Gasteiger partial charge in [0, 0.05) is 11.9 Å². The van der Waals surface area contributed by atoms with Crippen molar-refractivity contribution in [2.45, 2.75) is 0 Å². The average molecular weight is 185 g/mol. The number of aromatic nitrogens is 1. The second-order valence-electron chi connectivity index (χ2n) is 3.00. The van der Waals surface area contributed by atoms with E-state index in [0.29, 0.717) is 5.69 Å². The smallest absolute Gasteiger partial charge is 0.0591 e. The zero-order valence-corrected chi connectivity index (χ0v) is 7.64. The molecule has 2 aromatic rings. The summed E-state index contributed by atoms with van der Waals surface area (Å²) in [6, 6.07) is 11.7. The maximum Gasteiger partial charge on any atom is 0.0591 e. The minimum Gasteiger partial charge on any atom is -0.397 e. The first-order valence-electron chi connectivity index (χ1n) is 4.37. The van der Waals surface area contributed by atoms with E-state index in [2.05, 4.69) is 10.3 Å². The standard InChI is InChI=1S/C11H11N3/c12-9-6-11(8-13-7-9)14-10-4-2-1-3-5-10/h1-8,14H,12H2. The summed E-state index contributed by atoms with van der Waals surface area (Å²) in [4.78, 5) is 3.99. The van der Waals surface area contributed by atoms with Crippen molar-refractivity contribution in [3.63, 3.8) is 0 Å². The molecule has 0 aliphatic rings. The number of para-hydroxylation sites is 1. The van der Waals surface area contributed by atoms with Gasteiger partial charge in [0.25, 0.3) is 0 Å². The Balaban J connectivity index is 2.19. The summed E-state index contributed by atoms with van der Waals surface area (Å²) in [5, 5.41) is 3.20. The molecule has 0 aliphatic carbocycles. The normalized spacial score (nSPS) is 9.71. The number of hydrogen-bond acceptors (Lipinski definition) is 3. The second-order valence-corrected chi connectivity index (χ2v) is 3.00. The van der Waals surface area contributed by atoms with E-state index >= 15 is 0 Å². The molecule has 1 aromatic carbocycles. The number of nitrogens with two attached hydrogens (primary N) is 1. The van der Waals surface area contributed by atoms with Crippen LogP contribution in [0.3, 0.4) is 0 Å². The van der Waals surface area contributed by atoms with Crippen LogP contribution >= 0.6 is 0 Å². The highest BCUT2D eigenvalue weighted by atomic mass is 14.9. The van der Waals surface area contributed by atoms with Crippen LogP contribution in [0.1, 0.15) is 0 Å². The van der Waals surface area contributed by atoms with Gasteiger partial charge >= 0.3 is 0 Å². The summed E-state index contributed by atoms with van der Waals surface area (Å²) >= 11 is 0. The van der Waals surface area contributed by atoms with Crippen LogP contribution in [-0.4, -0.2) is 4.98 Å². The Morgan fingerprint density at radius 3 is 2.50 bits per heavy atom. The molecule has 3 N–H and O–H groups in total. The fourth-order valence-electron chi connectivity index (χ4n) is 1.21. The summed E-state index contributed by atoms with van der Waals surface area (Å²) in [5.41, 5.74) is 8.19. The predicted molar refractivity (Wildman–Crippen MR) is 58.4 cm³/mol. The molecule has 0 saturated carbocycles. The Morgan fingerprint density at radius 2 is 1.79 bits per heavy atom. The topological polar surface area (TPSA) is 50.9 Å². The summed E-state index contributed by atoms with van der Waals surface area (Å²) < 4.78 is 0. The van der Waals surface area contributed by atoms with Crippen molar-refractivity contribution in [2.75, 3.05) is 11.1 Å². The predicted octanol–water partition coefficient (Wildman–Crippen LogP) is 2.41. The molecule has 0 amide bonds. The number of nitrogens with zero attached hydrogens (tertiary/aromatic N) is 1. The van der Waals surface area contributed by atoms with Gasteiger partial charge in [0.2, 0.25) is 0 Å². The van der Waals surface area contributed by atoms with Crippen molar-refractivity contribution in [1.29, 1.82) is 0 Å². The van der Waals surface area contributed by atoms with Crippen LogP contribution in [-0.2, 0) is 0 Å². The van der Waals surface area contributed by atoms with Crippen LogP contribution in [0.2, 0.25) is 0 Å². The zero-order chi connectivity index (χ0) is 9.80. The second kappa shape index (κ2) is 3.79. The fourth-order valence-corrected chi connectivity index (χ4v) is 1.21. The van der Waals surface area contributed by atoms with Gasteiger partial charge in [0.1, 0.15) is 0 Å². The molecule has 14 heavy (non-hydrogen) atoms. The van der Waals surface area contributed by atoms with E-state index in [1.807, 2.05) is 36.4 Å². The molecule has 70 valence electrons. The van der Waals surface area contributed by atoms with Crippen LogP contribution in [0.5, 0.6) is 0 Å². The highest BCUT2D eigenvalue weighted by Gasteiger charge is 1.93. The van der Waals surface area contributed by atoms with Gasteiger partial charge in [0.05, 0.1) is 17.6 Å². The molecule has 0 saturated heterocycles. The van der Waals surface area contributed by atoms with Gasteiger partial charge < -0.3 is 11.1 Å². The van der Waals surface area contributed by atoms with E-state index in [9.17, 15) is 0 Å². The van der Waals surface area contributed by atoms with Gasteiger partial charge in [-0.25, -0.2) is 0 Å². The number of pyridine rings is 1. The largest absolute Gasteiger partial charge is 0.397 e. The first-order valence-corrected chi connectivity index (χ1v) is 4.37. The summed E-state index contributed by atoms with van der Waals surface area (Å²) in [7, 11) is 0. The third kappa shape index (κ3) is 2.01. The monoisotopic (exact) mass is 185 g/mol. The summed E-state index contributed by atoms with van der Waals surface area (Å²) in [6.07, 6.45) is 3.36. The van der Waals surface area contributed by atoms with Crippen LogP contribution in [0.4, 0.5) is 17.1 Å². The lowest BCUT2D eigenvalue weighted by Crippen LogP contribution is -1.92. The van der Waals surface area contributed by atoms with E-state index in [1.165, 1.54) is 0 Å². The molecule has 0 radical (unpaired) electrons. The van der Waals surface area contributed by atoms with Gasteiger partial charge in [-0.2, -0.15) is 0 Å². The van der Waals surface area contributed by atoms with Gasteiger partial charge in [-0.05, 0) is 18.2 Å². The molecule has 0 fully saturated rings. The quantitative estimate of drug-likeness (QED) is 0.755. The molecule has 0 spiro atoms. The third-order valence-corrected chi connectivity index (χ3v) is 1.82. The maximum atomic E-state index is 5.61. The molecule has 0 aliphatic heterocycles. The van der Waals surface area contributed by atoms with Crippen molar-refractivity contribution in [3.8, 4) is 0 Å².